The number of hydrogen-bond donors (Lipinski definition) is 1. The minimum absolute atomic E-state index is 0.533. The summed E-state index contributed by atoms with van der Waals surface area (Å²) in [6.45, 7) is 3.78. The molecule has 1 fully saturated rings. The lowest BCUT2D eigenvalue weighted by molar-refractivity contribution is 0.353. The van der Waals surface area contributed by atoms with E-state index in [1.807, 2.05) is 6.08 Å². The van der Waals surface area contributed by atoms with Crippen molar-refractivity contribution in [3.63, 3.8) is 0 Å². The molecule has 0 radical (unpaired) electrons. The van der Waals surface area contributed by atoms with Gasteiger partial charge in [-0.05, 0) is 30.4 Å². The maximum atomic E-state index is 4.39. The fraction of sp³-hybridized carbons (Fsp3) is 0.778. The Hall–Kier alpha value is 0.0900. The molecule has 0 N–H and O–H groups in total. The molecule has 0 aromatic rings. The first-order valence-corrected chi connectivity index (χ1v) is 4.68. The van der Waals surface area contributed by atoms with Gasteiger partial charge in [0.1, 0.15) is 0 Å². The molecule has 0 aromatic heterocycles. The van der Waals surface area contributed by atoms with E-state index in [1.54, 1.807) is 0 Å². The molecule has 0 heterocycles. The smallest absolute Gasteiger partial charge is 0.00382 e. The zero-order valence-electron chi connectivity index (χ0n) is 6.47. The average Bonchev–Trinajstić information content (AvgIpc) is 2.39. The fourth-order valence-corrected chi connectivity index (χ4v) is 2.30. The number of allylic oxidation sites excluding steroid dienone is 1. The van der Waals surface area contributed by atoms with Gasteiger partial charge in [0.15, 0.2) is 0 Å². The average molecular weight is 156 g/mol. The van der Waals surface area contributed by atoms with Crippen LogP contribution in [0.25, 0.3) is 0 Å². The predicted molar refractivity (Wildman–Crippen MR) is 49.6 cm³/mol. The molecule has 1 saturated carbocycles. The number of rotatable bonds is 3. The predicted octanol–water partition coefficient (Wildman–Crippen LogP) is 3.05. The van der Waals surface area contributed by atoms with Gasteiger partial charge in [-0.3, -0.25) is 0 Å². The van der Waals surface area contributed by atoms with Crippen LogP contribution in [0.15, 0.2) is 12.7 Å². The molecule has 0 aliphatic heterocycles. The van der Waals surface area contributed by atoms with E-state index in [0.717, 1.165) is 12.2 Å². The third-order valence-corrected chi connectivity index (χ3v) is 3.25. The van der Waals surface area contributed by atoms with Gasteiger partial charge >= 0.3 is 0 Å². The lowest BCUT2D eigenvalue weighted by Crippen LogP contribution is -2.16. The first-order chi connectivity index (χ1) is 4.83. The maximum Gasteiger partial charge on any atom is -0.00382 e. The van der Waals surface area contributed by atoms with E-state index >= 15 is 0 Å². The van der Waals surface area contributed by atoms with Crippen molar-refractivity contribution in [2.75, 3.05) is 5.75 Å². The van der Waals surface area contributed by atoms with Crippen LogP contribution in [0.2, 0.25) is 0 Å². The van der Waals surface area contributed by atoms with E-state index in [-0.39, 0.29) is 0 Å². The van der Waals surface area contributed by atoms with Gasteiger partial charge in [0.05, 0.1) is 0 Å². The summed E-state index contributed by atoms with van der Waals surface area (Å²) in [4.78, 5) is 0. The third-order valence-electron chi connectivity index (χ3n) is 2.58. The first-order valence-electron chi connectivity index (χ1n) is 4.05. The Bertz CT molecular complexity index is 112. The summed E-state index contributed by atoms with van der Waals surface area (Å²) in [6.07, 6.45) is 8.73. The molecule has 1 heteroatoms. The van der Waals surface area contributed by atoms with Crippen molar-refractivity contribution in [2.45, 2.75) is 32.1 Å². The molecule has 0 atom stereocenters. The van der Waals surface area contributed by atoms with Gasteiger partial charge in [0.2, 0.25) is 0 Å². The van der Waals surface area contributed by atoms with Gasteiger partial charge in [-0.1, -0.05) is 18.9 Å². The summed E-state index contributed by atoms with van der Waals surface area (Å²) in [5.41, 5.74) is 0.533. The largest absolute Gasteiger partial charge is 0.179 e. The second kappa shape index (κ2) is 3.47. The zero-order valence-corrected chi connectivity index (χ0v) is 7.37. The summed E-state index contributed by atoms with van der Waals surface area (Å²) in [5, 5.41) is 0. The molecule has 1 rings (SSSR count). The van der Waals surface area contributed by atoms with Gasteiger partial charge in [-0.2, -0.15) is 12.6 Å². The highest BCUT2D eigenvalue weighted by molar-refractivity contribution is 7.80. The Kier molecular flexibility index (Phi) is 2.84. The summed E-state index contributed by atoms with van der Waals surface area (Å²) in [5.74, 6) is 1.04. The summed E-state index contributed by atoms with van der Waals surface area (Å²) in [7, 11) is 0. The summed E-state index contributed by atoms with van der Waals surface area (Å²) < 4.78 is 0. The number of thiol groups is 1. The van der Waals surface area contributed by atoms with Crippen LogP contribution in [-0.4, -0.2) is 5.75 Å². The molecule has 0 nitrogen and oxygen atoms in total. The SMILES string of the molecule is C=CCC1(CS)CCCC1. The van der Waals surface area contributed by atoms with Crippen molar-refractivity contribution in [3.8, 4) is 0 Å². The van der Waals surface area contributed by atoms with E-state index in [0.29, 0.717) is 5.41 Å². The highest BCUT2D eigenvalue weighted by atomic mass is 32.1. The second-order valence-electron chi connectivity index (χ2n) is 3.36. The number of hydrogen-bond acceptors (Lipinski definition) is 1. The molecule has 1 aliphatic carbocycles. The summed E-state index contributed by atoms with van der Waals surface area (Å²) >= 11 is 4.39. The molecule has 58 valence electrons. The third kappa shape index (κ3) is 1.57. The quantitative estimate of drug-likeness (QED) is 0.471. The lowest BCUT2D eigenvalue weighted by Gasteiger charge is -2.24. The standard InChI is InChI=1S/C9H16S/c1-2-5-9(8-10)6-3-4-7-9/h2,10H,1,3-8H2. The van der Waals surface area contributed by atoms with Crippen LogP contribution >= 0.6 is 12.6 Å². The van der Waals surface area contributed by atoms with Crippen LogP contribution in [-0.2, 0) is 0 Å². The van der Waals surface area contributed by atoms with Crippen molar-refractivity contribution >= 4 is 12.6 Å². The second-order valence-corrected chi connectivity index (χ2v) is 3.67. The van der Waals surface area contributed by atoms with Crippen molar-refractivity contribution < 1.29 is 0 Å². The maximum absolute atomic E-state index is 4.39. The molecule has 0 spiro atoms. The fourth-order valence-electron chi connectivity index (χ4n) is 1.86. The highest BCUT2D eigenvalue weighted by Crippen LogP contribution is 2.41. The van der Waals surface area contributed by atoms with Crippen LogP contribution in [0.5, 0.6) is 0 Å². The molecule has 0 amide bonds. The lowest BCUT2D eigenvalue weighted by atomic mass is 9.85. The Labute approximate surface area is 69.1 Å². The van der Waals surface area contributed by atoms with Crippen molar-refractivity contribution in [1.82, 2.24) is 0 Å². The van der Waals surface area contributed by atoms with Gasteiger partial charge in [0.25, 0.3) is 0 Å². The van der Waals surface area contributed by atoms with E-state index in [1.165, 1.54) is 25.7 Å². The summed E-state index contributed by atoms with van der Waals surface area (Å²) in [6, 6.07) is 0. The Morgan fingerprint density at radius 3 is 2.40 bits per heavy atom. The Morgan fingerprint density at radius 1 is 1.40 bits per heavy atom. The van der Waals surface area contributed by atoms with E-state index in [4.69, 9.17) is 0 Å². The Balaban J connectivity index is 2.48. The zero-order chi connectivity index (χ0) is 7.45. The normalized spacial score (nSPS) is 22.9. The topological polar surface area (TPSA) is 0 Å². The molecular weight excluding hydrogens is 140 g/mol. The van der Waals surface area contributed by atoms with E-state index < -0.39 is 0 Å². The molecule has 0 saturated heterocycles. The Morgan fingerprint density at radius 2 is 2.00 bits per heavy atom. The molecular formula is C9H16S. The molecule has 10 heavy (non-hydrogen) atoms. The van der Waals surface area contributed by atoms with Gasteiger partial charge in [-0.25, -0.2) is 0 Å². The van der Waals surface area contributed by atoms with Crippen LogP contribution in [0.3, 0.4) is 0 Å². The van der Waals surface area contributed by atoms with E-state index in [2.05, 4.69) is 19.2 Å². The van der Waals surface area contributed by atoms with Gasteiger partial charge < -0.3 is 0 Å². The minimum atomic E-state index is 0.533. The van der Waals surface area contributed by atoms with Crippen LogP contribution in [0, 0.1) is 5.41 Å². The van der Waals surface area contributed by atoms with Crippen LogP contribution in [0.1, 0.15) is 32.1 Å². The molecule has 0 unspecified atom stereocenters. The molecule has 1 aliphatic rings. The molecule has 0 bridgehead atoms. The monoisotopic (exact) mass is 156 g/mol. The minimum Gasteiger partial charge on any atom is -0.179 e. The highest BCUT2D eigenvalue weighted by Gasteiger charge is 2.30. The first kappa shape index (κ1) is 8.19. The molecule has 0 aromatic carbocycles. The van der Waals surface area contributed by atoms with Crippen LogP contribution < -0.4 is 0 Å². The van der Waals surface area contributed by atoms with Crippen molar-refractivity contribution in [2.24, 2.45) is 5.41 Å². The van der Waals surface area contributed by atoms with E-state index in [9.17, 15) is 0 Å². The van der Waals surface area contributed by atoms with Crippen molar-refractivity contribution in [1.29, 1.82) is 0 Å². The van der Waals surface area contributed by atoms with Crippen LogP contribution in [0.4, 0.5) is 0 Å². The van der Waals surface area contributed by atoms with Gasteiger partial charge in [0, 0.05) is 0 Å². The van der Waals surface area contributed by atoms with Crippen molar-refractivity contribution in [3.05, 3.63) is 12.7 Å². The van der Waals surface area contributed by atoms with Gasteiger partial charge in [-0.15, -0.1) is 6.58 Å².